The van der Waals surface area contributed by atoms with Crippen LogP contribution in [-0.2, 0) is 9.59 Å². The van der Waals surface area contributed by atoms with Gasteiger partial charge in [0.25, 0.3) is 5.91 Å². The van der Waals surface area contributed by atoms with Gasteiger partial charge in [0.1, 0.15) is 0 Å². The average molecular weight is 518 g/mol. The molecule has 1 N–H and O–H groups in total. The highest BCUT2D eigenvalue weighted by Gasteiger charge is 2.66. The molecule has 3 aliphatic rings. The molecule has 3 fully saturated rings. The fourth-order valence-electron chi connectivity index (χ4n) is 5.09. The number of halogens is 2. The third kappa shape index (κ3) is 2.89. The van der Waals surface area contributed by atoms with Gasteiger partial charge in [0.2, 0.25) is 11.8 Å². The van der Waals surface area contributed by atoms with Crippen LogP contribution in [0.25, 0.3) is 0 Å². The number of benzene rings is 2. The Morgan fingerprint density at radius 2 is 1.41 bits per heavy atom. The van der Waals surface area contributed by atoms with Crippen molar-refractivity contribution in [2.24, 2.45) is 23.7 Å². The maximum absolute atomic E-state index is 13.1. The summed E-state index contributed by atoms with van der Waals surface area (Å²) >= 11 is 7.41. The summed E-state index contributed by atoms with van der Waals surface area (Å²) in [6.45, 7) is 0. The summed E-state index contributed by atoms with van der Waals surface area (Å²) in [5, 5.41) is 2.83. The molecule has 2 saturated carbocycles. The van der Waals surface area contributed by atoms with Gasteiger partial charge in [0.05, 0.1) is 17.5 Å². The van der Waals surface area contributed by atoms with Crippen LogP contribution in [0.15, 0.2) is 54.6 Å². The summed E-state index contributed by atoms with van der Waals surface area (Å²) in [6.07, 6.45) is 0.914. The molecule has 1 heterocycles. The third-order valence-corrected chi connectivity index (χ3v) is 9.61. The maximum Gasteiger partial charge on any atom is 0.255 e. The van der Waals surface area contributed by atoms with Crippen molar-refractivity contribution in [3.05, 3.63) is 60.2 Å². The van der Waals surface area contributed by atoms with Crippen LogP contribution in [0.4, 0.5) is 11.4 Å². The highest BCUT2D eigenvalue weighted by molar-refractivity contribution is 9.12. The minimum atomic E-state index is -0.233. The second-order valence-corrected chi connectivity index (χ2v) is 10.00. The van der Waals surface area contributed by atoms with Crippen LogP contribution < -0.4 is 10.2 Å². The number of anilines is 2. The zero-order valence-electron chi connectivity index (χ0n) is 15.3. The van der Waals surface area contributed by atoms with Gasteiger partial charge in [-0.15, -0.1) is 0 Å². The van der Waals surface area contributed by atoms with E-state index in [1.165, 1.54) is 4.90 Å². The lowest BCUT2D eigenvalue weighted by atomic mass is 9.81. The predicted molar refractivity (Wildman–Crippen MR) is 117 cm³/mol. The molecule has 1 saturated heterocycles. The Bertz CT molecular complexity index is 963. The van der Waals surface area contributed by atoms with E-state index in [0.29, 0.717) is 16.9 Å². The zero-order valence-corrected chi connectivity index (χ0v) is 18.5. The first-order valence-electron chi connectivity index (χ1n) is 9.60. The minimum absolute atomic E-state index is 0.0996. The second-order valence-electron chi connectivity index (χ2n) is 7.88. The molecule has 2 bridgehead atoms. The minimum Gasteiger partial charge on any atom is -0.322 e. The van der Waals surface area contributed by atoms with Crippen molar-refractivity contribution in [2.75, 3.05) is 10.2 Å². The van der Waals surface area contributed by atoms with E-state index in [9.17, 15) is 14.4 Å². The van der Waals surface area contributed by atoms with E-state index >= 15 is 0 Å². The number of hydrogen-bond acceptors (Lipinski definition) is 3. The van der Waals surface area contributed by atoms with Crippen LogP contribution in [0.2, 0.25) is 0 Å². The molecule has 5 nitrogen and oxygen atoms in total. The van der Waals surface area contributed by atoms with E-state index in [2.05, 4.69) is 37.2 Å². The normalized spacial score (nSPS) is 32.6. The first-order chi connectivity index (χ1) is 14.0. The molecule has 2 aromatic carbocycles. The van der Waals surface area contributed by atoms with Crippen molar-refractivity contribution in [1.29, 1.82) is 0 Å². The standard InChI is InChI=1S/C22H18Br2N2O3/c23-18-14-10-15(19(18)24)17-16(14)21(28)26(22(17)29)13-8-6-12(7-9-13)25-20(27)11-4-2-1-3-5-11/h1-9,14-19H,10H2,(H,25,27)/t14-,15+,16-,17+,18-,19+. The number of hydrogen-bond donors (Lipinski definition) is 1. The quantitative estimate of drug-likeness (QED) is 0.489. The largest absolute Gasteiger partial charge is 0.322 e. The van der Waals surface area contributed by atoms with Crippen LogP contribution in [0.1, 0.15) is 16.8 Å². The summed E-state index contributed by atoms with van der Waals surface area (Å²) in [5.74, 6) is -0.480. The van der Waals surface area contributed by atoms with E-state index in [1.807, 2.05) is 18.2 Å². The Labute approximate surface area is 185 Å². The van der Waals surface area contributed by atoms with Gasteiger partial charge in [-0.2, -0.15) is 0 Å². The predicted octanol–water partition coefficient (Wildman–Crippen LogP) is 4.22. The first-order valence-corrected chi connectivity index (χ1v) is 11.4. The number of rotatable bonds is 3. The highest BCUT2D eigenvalue weighted by atomic mass is 79.9. The molecule has 3 amide bonds. The van der Waals surface area contributed by atoms with Crippen LogP contribution in [0.5, 0.6) is 0 Å². The molecule has 0 unspecified atom stereocenters. The van der Waals surface area contributed by atoms with Gasteiger partial charge in [-0.25, -0.2) is 0 Å². The van der Waals surface area contributed by atoms with Crippen LogP contribution in [-0.4, -0.2) is 27.4 Å². The van der Waals surface area contributed by atoms with Crippen LogP contribution in [0, 0.1) is 23.7 Å². The lowest BCUT2D eigenvalue weighted by molar-refractivity contribution is -0.123. The maximum atomic E-state index is 13.1. The van der Waals surface area contributed by atoms with Gasteiger partial charge in [0, 0.05) is 20.9 Å². The van der Waals surface area contributed by atoms with Crippen molar-refractivity contribution < 1.29 is 14.4 Å². The lowest BCUT2D eigenvalue weighted by Gasteiger charge is -2.28. The fraction of sp³-hybridized carbons (Fsp3) is 0.318. The first kappa shape index (κ1) is 19.0. The molecule has 29 heavy (non-hydrogen) atoms. The molecule has 5 rings (SSSR count). The molecule has 0 spiro atoms. The molecular formula is C22H18Br2N2O3. The summed E-state index contributed by atoms with van der Waals surface area (Å²) in [4.78, 5) is 40.2. The highest BCUT2D eigenvalue weighted by Crippen LogP contribution is 2.60. The number of fused-ring (bicyclic) bond motifs is 5. The average Bonchev–Trinajstić information content (AvgIpc) is 3.34. The van der Waals surface area contributed by atoms with E-state index in [-0.39, 0.29) is 51.0 Å². The van der Waals surface area contributed by atoms with E-state index in [0.717, 1.165) is 6.42 Å². The molecular weight excluding hydrogens is 500 g/mol. The summed E-state index contributed by atoms with van der Waals surface area (Å²) in [5.41, 5.74) is 1.74. The third-order valence-electron chi connectivity index (χ3n) is 6.41. The van der Waals surface area contributed by atoms with Gasteiger partial charge in [0.15, 0.2) is 0 Å². The summed E-state index contributed by atoms with van der Waals surface area (Å²) < 4.78 is 0. The topological polar surface area (TPSA) is 66.5 Å². The monoisotopic (exact) mass is 516 g/mol. The number of nitrogens with zero attached hydrogens (tertiary/aromatic N) is 1. The van der Waals surface area contributed by atoms with Gasteiger partial charge in [-0.1, -0.05) is 50.1 Å². The molecule has 1 aliphatic heterocycles. The van der Waals surface area contributed by atoms with Gasteiger partial charge in [-0.05, 0) is 54.7 Å². The Hall–Kier alpha value is -1.99. The number of carbonyl (C=O) groups is 3. The van der Waals surface area contributed by atoms with E-state index in [1.54, 1.807) is 36.4 Å². The van der Waals surface area contributed by atoms with Crippen molar-refractivity contribution in [2.45, 2.75) is 16.1 Å². The molecule has 0 aromatic heterocycles. The van der Waals surface area contributed by atoms with Crippen molar-refractivity contribution in [1.82, 2.24) is 0 Å². The van der Waals surface area contributed by atoms with Crippen molar-refractivity contribution in [3.63, 3.8) is 0 Å². The molecule has 2 aliphatic carbocycles. The number of amides is 3. The molecule has 2 aromatic rings. The molecule has 7 heteroatoms. The summed E-state index contributed by atoms with van der Waals surface area (Å²) in [6, 6.07) is 15.8. The SMILES string of the molecule is O=C(Nc1ccc(N2C(=O)[C@@H]3[C@H]4C[C@H]([C@H](Br)[C@@H]4Br)[C@@H]3C2=O)cc1)c1ccccc1. The van der Waals surface area contributed by atoms with Gasteiger partial charge >= 0.3 is 0 Å². The van der Waals surface area contributed by atoms with Crippen LogP contribution >= 0.6 is 31.9 Å². The van der Waals surface area contributed by atoms with Crippen molar-refractivity contribution >= 4 is 61.0 Å². The number of nitrogens with one attached hydrogen (secondary N) is 1. The van der Waals surface area contributed by atoms with Crippen LogP contribution in [0.3, 0.4) is 0 Å². The number of carbonyl (C=O) groups excluding carboxylic acids is 3. The van der Waals surface area contributed by atoms with E-state index < -0.39 is 0 Å². The van der Waals surface area contributed by atoms with E-state index in [4.69, 9.17) is 0 Å². The second kappa shape index (κ2) is 7.06. The molecule has 0 radical (unpaired) electrons. The van der Waals surface area contributed by atoms with Gasteiger partial charge in [-0.3, -0.25) is 19.3 Å². The van der Waals surface area contributed by atoms with Gasteiger partial charge < -0.3 is 5.32 Å². The Balaban J connectivity index is 1.35. The van der Waals surface area contributed by atoms with Crippen molar-refractivity contribution in [3.8, 4) is 0 Å². The molecule has 148 valence electrons. The number of imide groups is 1. The smallest absolute Gasteiger partial charge is 0.255 e. The Kier molecular flexibility index (Phi) is 4.62. The Morgan fingerprint density at radius 1 is 0.862 bits per heavy atom. The Morgan fingerprint density at radius 3 is 1.97 bits per heavy atom. The lowest BCUT2D eigenvalue weighted by Crippen LogP contribution is -2.37. The molecule has 6 atom stereocenters. The summed E-state index contributed by atoms with van der Waals surface area (Å²) in [7, 11) is 0. The fourth-order valence-corrected chi connectivity index (χ4v) is 6.96. The number of alkyl halides is 2. The zero-order chi connectivity index (χ0) is 20.3.